The number of pyridine rings is 1. The minimum absolute atomic E-state index is 0.145. The monoisotopic (exact) mass is 228 g/mol. The third-order valence-electron chi connectivity index (χ3n) is 1.62. The van der Waals surface area contributed by atoms with E-state index in [1.165, 1.54) is 13.3 Å². The molecule has 15 heavy (non-hydrogen) atoms. The number of thioether (sulfide) groups is 1. The Kier molecular flexibility index (Phi) is 4.38. The number of hydrogen-bond acceptors (Lipinski definition) is 5. The molecule has 0 aliphatic rings. The molecule has 3 N–H and O–H groups in total. The summed E-state index contributed by atoms with van der Waals surface area (Å²) in [5.41, 5.74) is 6.02. The van der Waals surface area contributed by atoms with Crippen LogP contribution in [-0.2, 0) is 9.53 Å². The topological polar surface area (TPSA) is 85.4 Å². The van der Waals surface area contributed by atoms with E-state index in [0.29, 0.717) is 10.7 Å². The quantitative estimate of drug-likeness (QED) is 0.727. The maximum Gasteiger partial charge on any atom is 0.319 e. The molecule has 1 rings (SSSR count). The molecule has 0 aliphatic heterocycles. The largest absolute Gasteiger partial charge is 0.480 e. The van der Waals surface area contributed by atoms with Gasteiger partial charge in [0.1, 0.15) is 5.25 Å². The number of nitrogens with two attached hydrogens (primary N) is 1. The normalized spacial score (nSPS) is 12.3. The lowest BCUT2D eigenvalue weighted by Crippen LogP contribution is -2.21. The SMILES string of the molecule is COCC(Sc1ccc(N)cn1)C(=O)O. The highest BCUT2D eigenvalue weighted by atomic mass is 32.2. The van der Waals surface area contributed by atoms with Crippen LogP contribution in [0.5, 0.6) is 0 Å². The van der Waals surface area contributed by atoms with Crippen molar-refractivity contribution in [2.75, 3.05) is 19.5 Å². The van der Waals surface area contributed by atoms with E-state index in [0.717, 1.165) is 11.8 Å². The molecule has 5 nitrogen and oxygen atoms in total. The molecule has 82 valence electrons. The van der Waals surface area contributed by atoms with Crippen molar-refractivity contribution < 1.29 is 14.6 Å². The van der Waals surface area contributed by atoms with Crippen LogP contribution < -0.4 is 5.73 Å². The van der Waals surface area contributed by atoms with Crippen LogP contribution >= 0.6 is 11.8 Å². The van der Waals surface area contributed by atoms with Crippen LogP contribution in [0.3, 0.4) is 0 Å². The van der Waals surface area contributed by atoms with E-state index in [1.54, 1.807) is 12.1 Å². The van der Waals surface area contributed by atoms with Crippen LogP contribution in [-0.4, -0.2) is 35.0 Å². The number of nitrogen functional groups attached to an aromatic ring is 1. The lowest BCUT2D eigenvalue weighted by molar-refractivity contribution is -0.137. The molecule has 0 radical (unpaired) electrons. The van der Waals surface area contributed by atoms with E-state index in [2.05, 4.69) is 4.98 Å². The molecule has 0 fully saturated rings. The van der Waals surface area contributed by atoms with E-state index in [-0.39, 0.29) is 6.61 Å². The van der Waals surface area contributed by atoms with E-state index in [9.17, 15) is 4.79 Å². The summed E-state index contributed by atoms with van der Waals surface area (Å²) >= 11 is 1.14. The van der Waals surface area contributed by atoms with Crippen molar-refractivity contribution in [3.63, 3.8) is 0 Å². The Hall–Kier alpha value is -1.27. The fourth-order valence-corrected chi connectivity index (χ4v) is 1.77. The smallest absolute Gasteiger partial charge is 0.319 e. The third-order valence-corrected chi connectivity index (χ3v) is 2.72. The second-order valence-electron chi connectivity index (χ2n) is 2.83. The molecule has 0 amide bonds. The van der Waals surface area contributed by atoms with Crippen LogP contribution in [0.15, 0.2) is 23.4 Å². The molecule has 0 spiro atoms. The first-order valence-electron chi connectivity index (χ1n) is 4.23. The molecule has 0 saturated carbocycles. The number of carbonyl (C=O) groups is 1. The summed E-state index contributed by atoms with van der Waals surface area (Å²) in [7, 11) is 1.47. The Morgan fingerprint density at radius 1 is 1.73 bits per heavy atom. The predicted molar refractivity (Wildman–Crippen MR) is 57.8 cm³/mol. The Bertz CT molecular complexity index is 329. The number of anilines is 1. The zero-order chi connectivity index (χ0) is 11.3. The Morgan fingerprint density at radius 3 is 2.93 bits per heavy atom. The standard InChI is InChI=1S/C9H12N2O3S/c1-14-5-7(9(12)13)15-8-3-2-6(10)4-11-8/h2-4,7H,5,10H2,1H3,(H,12,13). The highest BCUT2D eigenvalue weighted by Gasteiger charge is 2.19. The maximum atomic E-state index is 10.8. The van der Waals surface area contributed by atoms with Gasteiger partial charge in [-0.3, -0.25) is 4.79 Å². The fourth-order valence-electron chi connectivity index (χ4n) is 0.914. The number of carboxylic acids is 1. The number of nitrogens with zero attached hydrogens (tertiary/aromatic N) is 1. The molecule has 1 atom stereocenters. The van der Waals surface area contributed by atoms with Crippen molar-refractivity contribution in [2.45, 2.75) is 10.3 Å². The average Bonchev–Trinajstić information content (AvgIpc) is 2.20. The summed E-state index contributed by atoms with van der Waals surface area (Å²) in [6, 6.07) is 3.37. The lowest BCUT2D eigenvalue weighted by atomic mass is 10.4. The van der Waals surface area contributed by atoms with Crippen LogP contribution in [0, 0.1) is 0 Å². The number of methoxy groups -OCH3 is 1. The molecular weight excluding hydrogens is 216 g/mol. The van der Waals surface area contributed by atoms with Gasteiger partial charge in [-0.2, -0.15) is 0 Å². The van der Waals surface area contributed by atoms with Gasteiger partial charge in [-0.1, -0.05) is 11.8 Å². The minimum Gasteiger partial charge on any atom is -0.480 e. The first-order valence-corrected chi connectivity index (χ1v) is 5.11. The molecule has 6 heteroatoms. The van der Waals surface area contributed by atoms with Crippen LogP contribution in [0.4, 0.5) is 5.69 Å². The summed E-state index contributed by atoms with van der Waals surface area (Å²) in [5.74, 6) is -0.916. The Labute approximate surface area is 91.6 Å². The number of aromatic nitrogens is 1. The van der Waals surface area contributed by atoms with E-state index >= 15 is 0 Å². The maximum absolute atomic E-state index is 10.8. The van der Waals surface area contributed by atoms with Crippen molar-refractivity contribution in [2.24, 2.45) is 0 Å². The molecule has 1 aromatic heterocycles. The third kappa shape index (κ3) is 3.77. The lowest BCUT2D eigenvalue weighted by Gasteiger charge is -2.09. The van der Waals surface area contributed by atoms with Gasteiger partial charge in [-0.05, 0) is 12.1 Å². The second kappa shape index (κ2) is 5.57. The van der Waals surface area contributed by atoms with Gasteiger partial charge < -0.3 is 15.6 Å². The van der Waals surface area contributed by atoms with E-state index < -0.39 is 11.2 Å². The average molecular weight is 228 g/mol. The fraction of sp³-hybridized carbons (Fsp3) is 0.333. The summed E-state index contributed by atoms with van der Waals surface area (Å²) in [6.45, 7) is 0.145. The molecule has 0 bridgehead atoms. The number of carboxylic acid groups (broad SMARTS) is 1. The molecule has 1 unspecified atom stereocenters. The van der Waals surface area contributed by atoms with Crippen molar-refractivity contribution in [1.29, 1.82) is 0 Å². The van der Waals surface area contributed by atoms with Gasteiger partial charge >= 0.3 is 5.97 Å². The Morgan fingerprint density at radius 2 is 2.47 bits per heavy atom. The molecule has 0 aromatic carbocycles. The molecule has 1 aromatic rings. The van der Waals surface area contributed by atoms with Crippen LogP contribution in [0.2, 0.25) is 0 Å². The zero-order valence-electron chi connectivity index (χ0n) is 8.21. The van der Waals surface area contributed by atoms with Crippen molar-refractivity contribution in [1.82, 2.24) is 4.98 Å². The number of ether oxygens (including phenoxy) is 1. The van der Waals surface area contributed by atoms with Crippen LogP contribution in [0.1, 0.15) is 0 Å². The van der Waals surface area contributed by atoms with Gasteiger partial charge in [-0.15, -0.1) is 0 Å². The van der Waals surface area contributed by atoms with Gasteiger partial charge in [-0.25, -0.2) is 4.98 Å². The second-order valence-corrected chi connectivity index (χ2v) is 4.05. The van der Waals surface area contributed by atoms with Gasteiger partial charge in [0.05, 0.1) is 23.5 Å². The number of hydrogen-bond donors (Lipinski definition) is 2. The highest BCUT2D eigenvalue weighted by molar-refractivity contribution is 8.00. The highest BCUT2D eigenvalue weighted by Crippen LogP contribution is 2.22. The van der Waals surface area contributed by atoms with Gasteiger partial charge in [0.2, 0.25) is 0 Å². The Balaban J connectivity index is 2.65. The summed E-state index contributed by atoms with van der Waals surface area (Å²) < 4.78 is 4.81. The van der Waals surface area contributed by atoms with Crippen LogP contribution in [0.25, 0.3) is 0 Å². The van der Waals surface area contributed by atoms with E-state index in [1.807, 2.05) is 0 Å². The predicted octanol–water partition coefficient (Wildman–Crippen LogP) is 0.856. The van der Waals surface area contributed by atoms with Crippen molar-refractivity contribution in [3.8, 4) is 0 Å². The summed E-state index contributed by atoms with van der Waals surface area (Å²) in [5, 5.41) is 8.84. The van der Waals surface area contributed by atoms with Crippen molar-refractivity contribution >= 4 is 23.4 Å². The van der Waals surface area contributed by atoms with Gasteiger partial charge in [0, 0.05) is 7.11 Å². The summed E-state index contributed by atoms with van der Waals surface area (Å²) in [6.07, 6.45) is 1.49. The number of rotatable bonds is 5. The van der Waals surface area contributed by atoms with Gasteiger partial charge in [0.15, 0.2) is 0 Å². The molecule has 0 aliphatic carbocycles. The summed E-state index contributed by atoms with van der Waals surface area (Å²) in [4.78, 5) is 14.8. The van der Waals surface area contributed by atoms with E-state index in [4.69, 9.17) is 15.6 Å². The zero-order valence-corrected chi connectivity index (χ0v) is 9.03. The molecule has 1 heterocycles. The first-order chi connectivity index (χ1) is 7.13. The van der Waals surface area contributed by atoms with Crippen molar-refractivity contribution in [3.05, 3.63) is 18.3 Å². The van der Waals surface area contributed by atoms with Gasteiger partial charge in [0.25, 0.3) is 0 Å². The molecule has 0 saturated heterocycles. The first kappa shape index (κ1) is 11.8. The molecular formula is C9H12N2O3S. The minimum atomic E-state index is -0.916. The number of aliphatic carboxylic acids is 1.